The zero-order valence-electron chi connectivity index (χ0n) is 12.1. The van der Waals surface area contributed by atoms with Crippen LogP contribution >= 0.6 is 35.7 Å². The fourth-order valence-corrected chi connectivity index (χ4v) is 3.21. The van der Waals surface area contributed by atoms with E-state index in [1.807, 2.05) is 0 Å². The number of rotatable bonds is 4. The van der Waals surface area contributed by atoms with Gasteiger partial charge in [-0.3, -0.25) is 4.99 Å². The van der Waals surface area contributed by atoms with Gasteiger partial charge in [0.1, 0.15) is 0 Å². The smallest absolute Gasteiger partial charge is 0.193 e. The molecular weight excluding hydrogens is 357 g/mol. The van der Waals surface area contributed by atoms with Crippen molar-refractivity contribution in [2.45, 2.75) is 39.4 Å². The van der Waals surface area contributed by atoms with E-state index in [1.54, 1.807) is 0 Å². The third-order valence-corrected chi connectivity index (χ3v) is 4.50. The first-order chi connectivity index (χ1) is 8.19. The molecule has 1 rings (SSSR count). The lowest BCUT2D eigenvalue weighted by Gasteiger charge is -2.36. The van der Waals surface area contributed by atoms with Crippen molar-refractivity contribution in [2.75, 3.05) is 31.9 Å². The Kier molecular flexibility index (Phi) is 10.4. The summed E-state index contributed by atoms with van der Waals surface area (Å²) in [6.07, 6.45) is 1.12. The van der Waals surface area contributed by atoms with Crippen LogP contribution in [0.25, 0.3) is 0 Å². The summed E-state index contributed by atoms with van der Waals surface area (Å²) < 4.78 is 0. The van der Waals surface area contributed by atoms with E-state index in [-0.39, 0.29) is 24.0 Å². The summed E-state index contributed by atoms with van der Waals surface area (Å²) in [5, 5.41) is 4.16. The molecule has 1 heterocycles. The average molecular weight is 385 g/mol. The standard InChI is InChI=1S/C13H27N3S.HI/c1-5-7-15-13(14-6-2)16-8-9-17-12(10-16)11(3)4;/h11-12H,5-10H2,1-4H3,(H,14,15);1H. The number of halogens is 1. The van der Waals surface area contributed by atoms with Crippen LogP contribution in [-0.2, 0) is 0 Å². The quantitative estimate of drug-likeness (QED) is 0.458. The summed E-state index contributed by atoms with van der Waals surface area (Å²) in [4.78, 5) is 7.10. The molecule has 1 unspecified atom stereocenters. The lowest BCUT2D eigenvalue weighted by Crippen LogP contribution is -2.49. The van der Waals surface area contributed by atoms with Gasteiger partial charge in [0.05, 0.1) is 0 Å². The molecule has 0 aromatic rings. The van der Waals surface area contributed by atoms with Crippen LogP contribution in [0.1, 0.15) is 34.1 Å². The number of nitrogens with zero attached hydrogens (tertiary/aromatic N) is 2. The minimum absolute atomic E-state index is 0. The van der Waals surface area contributed by atoms with Gasteiger partial charge in [-0.15, -0.1) is 24.0 Å². The number of thioether (sulfide) groups is 1. The maximum Gasteiger partial charge on any atom is 0.193 e. The molecule has 1 aliphatic heterocycles. The molecule has 0 aliphatic carbocycles. The number of aliphatic imine (C=N–C) groups is 1. The number of hydrogen-bond donors (Lipinski definition) is 1. The van der Waals surface area contributed by atoms with Crippen LogP contribution < -0.4 is 5.32 Å². The molecule has 3 nitrogen and oxygen atoms in total. The topological polar surface area (TPSA) is 27.6 Å². The lowest BCUT2D eigenvalue weighted by molar-refractivity contribution is 0.381. The van der Waals surface area contributed by atoms with Gasteiger partial charge in [0.25, 0.3) is 0 Å². The predicted octanol–water partition coefficient (Wildman–Crippen LogP) is 3.05. The maximum absolute atomic E-state index is 4.67. The molecule has 1 N–H and O–H groups in total. The summed E-state index contributed by atoms with van der Waals surface area (Å²) in [5.74, 6) is 3.08. The first-order valence-electron chi connectivity index (χ1n) is 6.83. The molecule has 0 radical (unpaired) electrons. The van der Waals surface area contributed by atoms with Crippen LogP contribution in [0.2, 0.25) is 0 Å². The average Bonchev–Trinajstić information content (AvgIpc) is 2.34. The third kappa shape index (κ3) is 5.99. The second-order valence-electron chi connectivity index (χ2n) is 4.83. The molecule has 1 fully saturated rings. The Morgan fingerprint density at radius 3 is 2.72 bits per heavy atom. The Morgan fingerprint density at radius 2 is 2.17 bits per heavy atom. The van der Waals surface area contributed by atoms with E-state index in [0.717, 1.165) is 49.7 Å². The van der Waals surface area contributed by atoms with Crippen molar-refractivity contribution >= 4 is 41.7 Å². The largest absolute Gasteiger partial charge is 0.357 e. The molecule has 18 heavy (non-hydrogen) atoms. The van der Waals surface area contributed by atoms with Crippen LogP contribution in [0.4, 0.5) is 0 Å². The van der Waals surface area contributed by atoms with Crippen molar-refractivity contribution < 1.29 is 0 Å². The van der Waals surface area contributed by atoms with Crippen molar-refractivity contribution in [3.05, 3.63) is 0 Å². The molecule has 0 bridgehead atoms. The number of guanidine groups is 1. The summed E-state index contributed by atoms with van der Waals surface area (Å²) in [6.45, 7) is 13.1. The highest BCUT2D eigenvalue weighted by Crippen LogP contribution is 2.24. The molecule has 0 aromatic heterocycles. The third-order valence-electron chi connectivity index (χ3n) is 2.96. The second-order valence-corrected chi connectivity index (χ2v) is 6.18. The summed E-state index contributed by atoms with van der Waals surface area (Å²) in [6, 6.07) is 0. The molecule has 0 saturated carbocycles. The Hall–Kier alpha value is 0.350. The van der Waals surface area contributed by atoms with Crippen LogP contribution in [0, 0.1) is 5.92 Å². The lowest BCUT2D eigenvalue weighted by atomic mass is 10.1. The summed E-state index contributed by atoms with van der Waals surface area (Å²) in [7, 11) is 0. The fourth-order valence-electron chi connectivity index (χ4n) is 1.91. The Labute approximate surface area is 134 Å². The zero-order chi connectivity index (χ0) is 12.7. The Morgan fingerprint density at radius 1 is 1.44 bits per heavy atom. The van der Waals surface area contributed by atoms with Crippen LogP contribution in [0.5, 0.6) is 0 Å². The van der Waals surface area contributed by atoms with Crippen molar-refractivity contribution in [2.24, 2.45) is 10.9 Å². The molecule has 1 saturated heterocycles. The molecule has 0 spiro atoms. The molecule has 5 heteroatoms. The van der Waals surface area contributed by atoms with Gasteiger partial charge >= 0.3 is 0 Å². The highest BCUT2D eigenvalue weighted by Gasteiger charge is 2.24. The van der Waals surface area contributed by atoms with Gasteiger partial charge in [0.15, 0.2) is 5.96 Å². The summed E-state index contributed by atoms with van der Waals surface area (Å²) >= 11 is 2.11. The first-order valence-corrected chi connectivity index (χ1v) is 7.88. The normalized spacial score (nSPS) is 20.8. The summed E-state index contributed by atoms with van der Waals surface area (Å²) in [5.41, 5.74) is 0. The van der Waals surface area contributed by atoms with Gasteiger partial charge in [0, 0.05) is 37.2 Å². The van der Waals surface area contributed by atoms with Gasteiger partial charge in [0.2, 0.25) is 0 Å². The number of nitrogens with one attached hydrogen (secondary N) is 1. The molecule has 0 amide bonds. The van der Waals surface area contributed by atoms with Crippen LogP contribution in [-0.4, -0.2) is 48.0 Å². The minimum atomic E-state index is 0. The highest BCUT2D eigenvalue weighted by atomic mass is 127. The molecule has 108 valence electrons. The van der Waals surface area contributed by atoms with E-state index < -0.39 is 0 Å². The maximum atomic E-state index is 4.67. The van der Waals surface area contributed by atoms with E-state index in [0.29, 0.717) is 0 Å². The van der Waals surface area contributed by atoms with Crippen molar-refractivity contribution in [3.8, 4) is 0 Å². The highest BCUT2D eigenvalue weighted by molar-refractivity contribution is 14.0. The van der Waals surface area contributed by atoms with Crippen molar-refractivity contribution in [3.63, 3.8) is 0 Å². The minimum Gasteiger partial charge on any atom is -0.357 e. The zero-order valence-corrected chi connectivity index (χ0v) is 15.3. The monoisotopic (exact) mass is 385 g/mol. The molecular formula is C13H28IN3S. The fraction of sp³-hybridized carbons (Fsp3) is 0.923. The predicted molar refractivity (Wildman–Crippen MR) is 94.3 cm³/mol. The van der Waals surface area contributed by atoms with Gasteiger partial charge in [-0.2, -0.15) is 11.8 Å². The van der Waals surface area contributed by atoms with E-state index in [9.17, 15) is 0 Å². The Balaban J connectivity index is 0.00000289. The van der Waals surface area contributed by atoms with Crippen molar-refractivity contribution in [1.29, 1.82) is 0 Å². The van der Waals surface area contributed by atoms with E-state index in [2.05, 4.69) is 54.7 Å². The van der Waals surface area contributed by atoms with Crippen LogP contribution in [0.3, 0.4) is 0 Å². The van der Waals surface area contributed by atoms with Gasteiger partial charge in [-0.1, -0.05) is 20.8 Å². The van der Waals surface area contributed by atoms with Gasteiger partial charge in [-0.25, -0.2) is 0 Å². The van der Waals surface area contributed by atoms with E-state index in [4.69, 9.17) is 0 Å². The first kappa shape index (κ1) is 18.4. The molecule has 1 aliphatic rings. The van der Waals surface area contributed by atoms with E-state index >= 15 is 0 Å². The van der Waals surface area contributed by atoms with Crippen LogP contribution in [0.15, 0.2) is 4.99 Å². The van der Waals surface area contributed by atoms with Crippen molar-refractivity contribution in [1.82, 2.24) is 10.2 Å². The molecule has 0 aromatic carbocycles. The van der Waals surface area contributed by atoms with Gasteiger partial charge in [-0.05, 0) is 19.3 Å². The Bertz CT molecular complexity index is 246. The molecule has 1 atom stereocenters. The second kappa shape index (κ2) is 10.2. The SMILES string of the molecule is CCCN=C(NCC)N1CCSC(C(C)C)C1.I. The van der Waals surface area contributed by atoms with Gasteiger partial charge < -0.3 is 10.2 Å². The van der Waals surface area contributed by atoms with E-state index in [1.165, 1.54) is 5.75 Å². The number of hydrogen-bond acceptors (Lipinski definition) is 2.